The zero-order valence-electron chi connectivity index (χ0n) is 12.2. The summed E-state index contributed by atoms with van der Waals surface area (Å²) in [7, 11) is 0. The summed E-state index contributed by atoms with van der Waals surface area (Å²) in [6, 6.07) is 9.81. The van der Waals surface area contributed by atoms with Crippen molar-refractivity contribution in [3.05, 3.63) is 47.1 Å². The molecule has 0 aliphatic heterocycles. The van der Waals surface area contributed by atoms with Crippen molar-refractivity contribution in [3.8, 4) is 11.6 Å². The molecule has 0 bridgehead atoms. The van der Waals surface area contributed by atoms with Gasteiger partial charge in [-0.1, -0.05) is 30.7 Å². The maximum absolute atomic E-state index is 6.17. The fraction of sp³-hybridized carbons (Fsp3) is 0.312. The first kappa shape index (κ1) is 16.1. The highest BCUT2D eigenvalue weighted by molar-refractivity contribution is 7.98. The third-order valence-electron chi connectivity index (χ3n) is 2.94. The van der Waals surface area contributed by atoms with Crippen molar-refractivity contribution in [2.24, 2.45) is 0 Å². The maximum atomic E-state index is 6.17. The molecular weight excluding hydrogens is 304 g/mol. The summed E-state index contributed by atoms with van der Waals surface area (Å²) in [6.07, 6.45) is 4.76. The van der Waals surface area contributed by atoms with E-state index in [2.05, 4.69) is 17.2 Å². The fourth-order valence-electron chi connectivity index (χ4n) is 1.87. The second kappa shape index (κ2) is 8.27. The van der Waals surface area contributed by atoms with E-state index in [9.17, 15) is 0 Å². The zero-order chi connectivity index (χ0) is 15.1. The van der Waals surface area contributed by atoms with Gasteiger partial charge in [-0.15, -0.1) is 11.8 Å². The van der Waals surface area contributed by atoms with Gasteiger partial charge in [-0.2, -0.15) is 0 Å². The van der Waals surface area contributed by atoms with Crippen LogP contribution >= 0.6 is 23.4 Å². The Bertz CT molecular complexity index is 592. The molecule has 0 atom stereocenters. The van der Waals surface area contributed by atoms with Crippen LogP contribution in [0.3, 0.4) is 0 Å². The van der Waals surface area contributed by atoms with Crippen LogP contribution in [0.15, 0.2) is 41.4 Å². The monoisotopic (exact) mass is 322 g/mol. The number of nitrogens with zero attached hydrogens (tertiary/aromatic N) is 1. The van der Waals surface area contributed by atoms with E-state index in [1.807, 2.05) is 36.6 Å². The van der Waals surface area contributed by atoms with E-state index >= 15 is 0 Å². The number of hydrogen-bond donors (Lipinski definition) is 1. The maximum Gasteiger partial charge on any atom is 0.219 e. The van der Waals surface area contributed by atoms with Crippen LogP contribution in [0.2, 0.25) is 5.02 Å². The minimum atomic E-state index is 0.564. The van der Waals surface area contributed by atoms with Crippen LogP contribution in [0.5, 0.6) is 11.6 Å². The number of pyridine rings is 1. The number of rotatable bonds is 7. The van der Waals surface area contributed by atoms with Crippen molar-refractivity contribution in [2.45, 2.75) is 24.8 Å². The second-order valence-electron chi connectivity index (χ2n) is 4.54. The summed E-state index contributed by atoms with van der Waals surface area (Å²) in [6.45, 7) is 3.81. The highest BCUT2D eigenvalue weighted by Crippen LogP contribution is 2.31. The molecular formula is C16H19ClN2OS. The Morgan fingerprint density at radius 3 is 2.90 bits per heavy atom. The van der Waals surface area contributed by atoms with Gasteiger partial charge in [-0.3, -0.25) is 0 Å². The predicted molar refractivity (Wildman–Crippen MR) is 89.5 cm³/mol. The first-order valence-corrected chi connectivity index (χ1v) is 8.51. The molecule has 0 saturated carbocycles. The van der Waals surface area contributed by atoms with Crippen molar-refractivity contribution >= 4 is 23.4 Å². The summed E-state index contributed by atoms with van der Waals surface area (Å²) >= 11 is 7.82. The average Bonchev–Trinajstić information content (AvgIpc) is 2.51. The van der Waals surface area contributed by atoms with Gasteiger partial charge in [0.05, 0.1) is 5.02 Å². The summed E-state index contributed by atoms with van der Waals surface area (Å²) < 4.78 is 5.88. The second-order valence-corrected chi connectivity index (χ2v) is 5.80. The average molecular weight is 323 g/mol. The van der Waals surface area contributed by atoms with E-state index in [1.54, 1.807) is 18.0 Å². The first-order valence-electron chi connectivity index (χ1n) is 6.90. The van der Waals surface area contributed by atoms with Gasteiger partial charge in [0.15, 0.2) is 0 Å². The number of thioether (sulfide) groups is 1. The Morgan fingerprint density at radius 2 is 2.14 bits per heavy atom. The van der Waals surface area contributed by atoms with Crippen LogP contribution in [0.1, 0.15) is 18.9 Å². The number of hydrogen-bond acceptors (Lipinski definition) is 4. The van der Waals surface area contributed by atoms with E-state index in [0.717, 1.165) is 35.7 Å². The molecule has 0 spiro atoms. The van der Waals surface area contributed by atoms with Crippen molar-refractivity contribution in [1.82, 2.24) is 10.3 Å². The summed E-state index contributed by atoms with van der Waals surface area (Å²) in [5.74, 6) is 1.38. The quantitative estimate of drug-likeness (QED) is 0.589. The number of aromatic nitrogens is 1. The van der Waals surface area contributed by atoms with Gasteiger partial charge in [0.25, 0.3) is 0 Å². The van der Waals surface area contributed by atoms with Gasteiger partial charge >= 0.3 is 0 Å². The van der Waals surface area contributed by atoms with Crippen LogP contribution in [0.25, 0.3) is 0 Å². The Labute approximate surface area is 135 Å². The third kappa shape index (κ3) is 4.63. The van der Waals surface area contributed by atoms with Gasteiger partial charge in [0.1, 0.15) is 5.75 Å². The van der Waals surface area contributed by atoms with Crippen molar-refractivity contribution in [3.63, 3.8) is 0 Å². The van der Waals surface area contributed by atoms with Crippen LogP contribution in [-0.2, 0) is 6.54 Å². The van der Waals surface area contributed by atoms with Gasteiger partial charge in [0.2, 0.25) is 5.88 Å². The summed E-state index contributed by atoms with van der Waals surface area (Å²) in [5, 5.41) is 3.99. The van der Waals surface area contributed by atoms with Crippen molar-refractivity contribution in [1.29, 1.82) is 0 Å². The van der Waals surface area contributed by atoms with E-state index in [0.29, 0.717) is 10.9 Å². The molecule has 0 unspecified atom stereocenters. The Kier molecular flexibility index (Phi) is 6.36. The zero-order valence-corrected chi connectivity index (χ0v) is 13.8. The van der Waals surface area contributed by atoms with Gasteiger partial charge in [-0.25, -0.2) is 4.98 Å². The topological polar surface area (TPSA) is 34.1 Å². The molecule has 3 nitrogen and oxygen atoms in total. The minimum absolute atomic E-state index is 0.564. The minimum Gasteiger partial charge on any atom is -0.438 e. The molecule has 0 aliphatic carbocycles. The van der Waals surface area contributed by atoms with E-state index in [4.69, 9.17) is 16.3 Å². The Morgan fingerprint density at radius 1 is 1.33 bits per heavy atom. The number of para-hydroxylation sites is 1. The smallest absolute Gasteiger partial charge is 0.219 e. The van der Waals surface area contributed by atoms with E-state index in [1.165, 1.54) is 0 Å². The fourth-order valence-corrected chi connectivity index (χ4v) is 2.56. The lowest BCUT2D eigenvalue weighted by Crippen LogP contribution is -2.14. The molecule has 21 heavy (non-hydrogen) atoms. The highest BCUT2D eigenvalue weighted by Gasteiger charge is 2.07. The van der Waals surface area contributed by atoms with Gasteiger partial charge < -0.3 is 10.1 Å². The molecule has 1 N–H and O–H groups in total. The highest BCUT2D eigenvalue weighted by atomic mass is 35.5. The van der Waals surface area contributed by atoms with E-state index < -0.39 is 0 Å². The molecule has 0 radical (unpaired) electrons. The number of benzene rings is 1. The first-order chi connectivity index (χ1) is 10.2. The van der Waals surface area contributed by atoms with Crippen LogP contribution < -0.4 is 10.1 Å². The SMILES string of the molecule is CCCNCc1cc(Oc2ccccc2SC)ncc1Cl. The Balaban J connectivity index is 2.15. The largest absolute Gasteiger partial charge is 0.438 e. The molecule has 2 aromatic rings. The molecule has 0 fully saturated rings. The van der Waals surface area contributed by atoms with Crippen LogP contribution in [0.4, 0.5) is 0 Å². The molecule has 0 amide bonds. The molecule has 0 saturated heterocycles. The standard InChI is InChI=1S/C16H19ClN2OS/c1-3-8-18-10-12-9-16(19-11-13(12)17)20-14-6-4-5-7-15(14)21-2/h4-7,9,11,18H,3,8,10H2,1-2H3. The number of halogens is 1. The lowest BCUT2D eigenvalue weighted by Gasteiger charge is -2.11. The molecule has 1 heterocycles. The lowest BCUT2D eigenvalue weighted by molar-refractivity contribution is 0.451. The molecule has 112 valence electrons. The molecule has 2 rings (SSSR count). The number of ether oxygens (including phenoxy) is 1. The predicted octanol–water partition coefficient (Wildman–Crippen LogP) is 4.75. The summed E-state index contributed by atoms with van der Waals surface area (Å²) in [4.78, 5) is 5.33. The van der Waals surface area contributed by atoms with Crippen LogP contribution in [0, 0.1) is 0 Å². The normalized spacial score (nSPS) is 10.6. The van der Waals surface area contributed by atoms with Gasteiger partial charge in [0, 0.05) is 23.7 Å². The van der Waals surface area contributed by atoms with Crippen molar-refractivity contribution in [2.75, 3.05) is 12.8 Å². The van der Waals surface area contributed by atoms with Crippen LogP contribution in [-0.4, -0.2) is 17.8 Å². The summed E-state index contributed by atoms with van der Waals surface area (Å²) in [5.41, 5.74) is 0.997. The molecule has 0 aliphatic rings. The molecule has 1 aromatic heterocycles. The van der Waals surface area contributed by atoms with Gasteiger partial charge in [-0.05, 0) is 36.9 Å². The van der Waals surface area contributed by atoms with Crippen molar-refractivity contribution < 1.29 is 4.74 Å². The Hall–Kier alpha value is -1.23. The molecule has 1 aromatic carbocycles. The number of nitrogens with one attached hydrogen (secondary N) is 1. The third-order valence-corrected chi connectivity index (χ3v) is 4.05. The lowest BCUT2D eigenvalue weighted by atomic mass is 10.2. The molecule has 5 heteroatoms. The van der Waals surface area contributed by atoms with E-state index in [-0.39, 0.29) is 0 Å².